The van der Waals surface area contributed by atoms with E-state index in [1.54, 1.807) is 25.7 Å². The van der Waals surface area contributed by atoms with Crippen LogP contribution in [0.3, 0.4) is 0 Å². The van der Waals surface area contributed by atoms with Crippen LogP contribution in [0.25, 0.3) is 0 Å². The van der Waals surface area contributed by atoms with Crippen molar-refractivity contribution in [2.24, 2.45) is 52.3 Å². The molecule has 6 rings (SSSR count). The Morgan fingerprint density at radius 2 is 1.83 bits per heavy atom. The number of nitrogens with zero attached hydrogens (tertiary/aromatic N) is 2. The summed E-state index contributed by atoms with van der Waals surface area (Å²) < 4.78 is 2.11. The van der Waals surface area contributed by atoms with Crippen molar-refractivity contribution in [2.75, 3.05) is 0 Å². The van der Waals surface area contributed by atoms with Crippen LogP contribution >= 0.6 is 0 Å². The molecule has 1 heterocycles. The molecule has 0 amide bonds. The van der Waals surface area contributed by atoms with E-state index in [-0.39, 0.29) is 0 Å². The molecule has 5 aliphatic carbocycles. The summed E-state index contributed by atoms with van der Waals surface area (Å²) in [7, 11) is 0. The zero-order valence-electron chi connectivity index (χ0n) is 18.9. The molecule has 9 atom stereocenters. The second kappa shape index (κ2) is 6.24. The first-order chi connectivity index (χ1) is 13.9. The van der Waals surface area contributed by atoms with Crippen molar-refractivity contribution < 1.29 is 0 Å². The van der Waals surface area contributed by atoms with Gasteiger partial charge in [-0.3, -0.25) is 4.68 Å². The van der Waals surface area contributed by atoms with Gasteiger partial charge < -0.3 is 0 Å². The summed E-state index contributed by atoms with van der Waals surface area (Å²) in [5.41, 5.74) is 4.00. The maximum atomic E-state index is 4.61. The van der Waals surface area contributed by atoms with Gasteiger partial charge >= 0.3 is 0 Å². The molecule has 0 aliphatic heterocycles. The van der Waals surface area contributed by atoms with Gasteiger partial charge in [-0.15, -0.1) is 0 Å². The first-order valence-electron chi connectivity index (χ1n) is 12.6. The zero-order chi connectivity index (χ0) is 20.0. The first kappa shape index (κ1) is 18.7. The van der Waals surface area contributed by atoms with Crippen LogP contribution in [0.15, 0.2) is 24.5 Å². The Balaban J connectivity index is 1.21. The van der Waals surface area contributed by atoms with Crippen LogP contribution < -0.4 is 0 Å². The molecule has 0 radical (unpaired) electrons. The number of allylic oxidation sites excluding steroid dienone is 1. The number of aromatic nitrogens is 2. The molecule has 5 fully saturated rings. The highest BCUT2D eigenvalue weighted by Gasteiger charge is 2.68. The quantitative estimate of drug-likeness (QED) is 0.526. The topological polar surface area (TPSA) is 17.8 Å². The summed E-state index contributed by atoms with van der Waals surface area (Å²) in [4.78, 5) is 0. The van der Waals surface area contributed by atoms with Crippen LogP contribution in [-0.2, 0) is 6.54 Å². The van der Waals surface area contributed by atoms with E-state index >= 15 is 0 Å². The molecule has 2 nitrogen and oxygen atoms in total. The molecular formula is C27H40N2. The minimum Gasteiger partial charge on any atom is -0.268 e. The SMILES string of the molecule is C=C(Cn1cc(C)cn1)C1CCC2C3CCC45CC4C(C)CCC5C3CCC12C. The maximum Gasteiger partial charge on any atom is 0.0619 e. The van der Waals surface area contributed by atoms with E-state index in [2.05, 4.69) is 43.3 Å². The smallest absolute Gasteiger partial charge is 0.0619 e. The Kier molecular flexibility index (Phi) is 4.02. The average Bonchev–Trinajstić information content (AvgIpc) is 3.12. The average molecular weight is 393 g/mol. The lowest BCUT2D eigenvalue weighted by Crippen LogP contribution is -2.49. The lowest BCUT2D eigenvalue weighted by molar-refractivity contribution is -0.0716. The molecule has 0 saturated heterocycles. The Morgan fingerprint density at radius 1 is 1.07 bits per heavy atom. The van der Waals surface area contributed by atoms with Gasteiger partial charge in [-0.2, -0.15) is 5.10 Å². The van der Waals surface area contributed by atoms with Gasteiger partial charge in [0, 0.05) is 6.20 Å². The van der Waals surface area contributed by atoms with Crippen LogP contribution in [0.4, 0.5) is 0 Å². The summed E-state index contributed by atoms with van der Waals surface area (Å²) in [5, 5.41) is 4.54. The van der Waals surface area contributed by atoms with E-state index < -0.39 is 0 Å². The van der Waals surface area contributed by atoms with Crippen LogP contribution in [0.5, 0.6) is 0 Å². The zero-order valence-corrected chi connectivity index (χ0v) is 18.9. The number of aryl methyl sites for hydroxylation is 1. The van der Waals surface area contributed by atoms with Gasteiger partial charge in [-0.05, 0) is 116 Å². The van der Waals surface area contributed by atoms with Crippen LogP contribution in [0, 0.1) is 59.2 Å². The summed E-state index contributed by atoms with van der Waals surface area (Å²) in [5.74, 6) is 6.93. The molecule has 0 N–H and O–H groups in total. The van der Waals surface area contributed by atoms with E-state index in [9.17, 15) is 0 Å². The summed E-state index contributed by atoms with van der Waals surface area (Å²) in [6, 6.07) is 0. The fraction of sp³-hybridized carbons (Fsp3) is 0.815. The number of hydrogen-bond donors (Lipinski definition) is 0. The Labute approximate surface area is 177 Å². The highest BCUT2D eigenvalue weighted by atomic mass is 15.3. The summed E-state index contributed by atoms with van der Waals surface area (Å²) >= 11 is 0. The van der Waals surface area contributed by atoms with Gasteiger partial charge in [0.15, 0.2) is 0 Å². The minimum absolute atomic E-state index is 0.496. The van der Waals surface area contributed by atoms with Gasteiger partial charge in [-0.1, -0.05) is 32.4 Å². The third kappa shape index (κ3) is 2.56. The Bertz CT molecular complexity index is 822. The second-order valence-corrected chi connectivity index (χ2v) is 12.2. The molecule has 1 aromatic rings. The Hall–Kier alpha value is -1.05. The lowest BCUT2D eigenvalue weighted by atomic mass is 9.48. The third-order valence-electron chi connectivity index (χ3n) is 11.1. The summed E-state index contributed by atoms with van der Waals surface area (Å²) in [6.45, 7) is 12.9. The van der Waals surface area contributed by atoms with E-state index in [0.717, 1.165) is 47.5 Å². The number of fused-ring (bicyclic) bond motifs is 4. The van der Waals surface area contributed by atoms with Gasteiger partial charge in [-0.25, -0.2) is 0 Å². The Morgan fingerprint density at radius 3 is 2.62 bits per heavy atom. The van der Waals surface area contributed by atoms with E-state index in [0.29, 0.717) is 11.3 Å². The minimum atomic E-state index is 0.496. The van der Waals surface area contributed by atoms with Gasteiger partial charge in [0.25, 0.3) is 0 Å². The van der Waals surface area contributed by atoms with Crippen molar-refractivity contribution in [2.45, 2.75) is 85.1 Å². The van der Waals surface area contributed by atoms with Crippen molar-refractivity contribution in [3.63, 3.8) is 0 Å². The van der Waals surface area contributed by atoms with Crippen LogP contribution in [0.2, 0.25) is 0 Å². The highest BCUT2D eigenvalue weighted by Crippen LogP contribution is 2.76. The van der Waals surface area contributed by atoms with E-state index in [1.165, 1.54) is 43.2 Å². The molecule has 0 aromatic carbocycles. The van der Waals surface area contributed by atoms with Crippen molar-refractivity contribution in [3.8, 4) is 0 Å². The molecule has 29 heavy (non-hydrogen) atoms. The first-order valence-corrected chi connectivity index (χ1v) is 12.6. The van der Waals surface area contributed by atoms with Crippen molar-refractivity contribution in [3.05, 3.63) is 30.1 Å². The van der Waals surface area contributed by atoms with Crippen LogP contribution in [-0.4, -0.2) is 9.78 Å². The predicted molar refractivity (Wildman–Crippen MR) is 118 cm³/mol. The number of rotatable bonds is 3. The van der Waals surface area contributed by atoms with E-state index in [4.69, 9.17) is 0 Å². The number of hydrogen-bond acceptors (Lipinski definition) is 1. The molecule has 1 spiro atoms. The molecule has 0 bridgehead atoms. The second-order valence-electron chi connectivity index (χ2n) is 12.2. The normalized spacial score (nSPS) is 50.2. The summed E-state index contributed by atoms with van der Waals surface area (Å²) in [6.07, 6.45) is 17.7. The van der Waals surface area contributed by atoms with Gasteiger partial charge in [0.05, 0.1) is 12.7 Å². The highest BCUT2D eigenvalue weighted by molar-refractivity contribution is 5.20. The largest absolute Gasteiger partial charge is 0.268 e. The lowest BCUT2D eigenvalue weighted by Gasteiger charge is -2.56. The molecule has 1 aromatic heterocycles. The van der Waals surface area contributed by atoms with Crippen molar-refractivity contribution >= 4 is 0 Å². The standard InChI is InChI=1S/C27H40N2/c1-17-14-28-29(15-17)16-19(3)22-7-8-23-20-10-12-27-13-25(27)18(2)5-6-24(27)21(20)9-11-26(22,23)4/h14-15,18,20-25H,3,5-13,16H2,1-2,4H3. The fourth-order valence-corrected chi connectivity index (χ4v) is 9.80. The molecule has 2 heteroatoms. The van der Waals surface area contributed by atoms with Crippen LogP contribution in [0.1, 0.15) is 77.2 Å². The molecule has 5 aliphatic rings. The predicted octanol–water partition coefficient (Wildman–Crippen LogP) is 6.65. The third-order valence-corrected chi connectivity index (χ3v) is 11.1. The monoisotopic (exact) mass is 392 g/mol. The van der Waals surface area contributed by atoms with Crippen molar-refractivity contribution in [1.82, 2.24) is 9.78 Å². The maximum absolute atomic E-state index is 4.61. The molecule has 158 valence electrons. The molecular weight excluding hydrogens is 352 g/mol. The van der Waals surface area contributed by atoms with Crippen molar-refractivity contribution in [1.29, 1.82) is 0 Å². The fourth-order valence-electron chi connectivity index (χ4n) is 9.80. The molecule has 9 unspecified atom stereocenters. The van der Waals surface area contributed by atoms with E-state index in [1.807, 2.05) is 6.20 Å². The molecule has 5 saturated carbocycles. The van der Waals surface area contributed by atoms with Gasteiger partial charge in [0.1, 0.15) is 0 Å². The van der Waals surface area contributed by atoms with Gasteiger partial charge in [0.2, 0.25) is 0 Å².